The number of primary amides is 2. The molecule has 0 saturated carbocycles. The fourth-order valence-corrected chi connectivity index (χ4v) is 1.63. The van der Waals surface area contributed by atoms with Crippen LogP contribution in [0.25, 0.3) is 0 Å². The van der Waals surface area contributed by atoms with Crippen LogP contribution in [0.15, 0.2) is 0 Å². The van der Waals surface area contributed by atoms with Crippen molar-refractivity contribution in [3.63, 3.8) is 0 Å². The van der Waals surface area contributed by atoms with Gasteiger partial charge < -0.3 is 35.9 Å². The van der Waals surface area contributed by atoms with Crippen molar-refractivity contribution in [3.8, 4) is 0 Å². The van der Waals surface area contributed by atoms with Gasteiger partial charge in [-0.25, -0.2) is 14.4 Å². The van der Waals surface area contributed by atoms with Gasteiger partial charge in [-0.2, -0.15) is 4.57 Å². The molecule has 0 aliphatic heterocycles. The lowest BCUT2D eigenvalue weighted by Crippen LogP contribution is -2.34. The van der Waals surface area contributed by atoms with Gasteiger partial charge in [0.05, 0.1) is 6.42 Å². The number of phosphoric ester groups is 1. The van der Waals surface area contributed by atoms with E-state index < -0.39 is 44.4 Å². The minimum absolute atomic E-state index is 0.869. The summed E-state index contributed by atoms with van der Waals surface area (Å²) in [5.41, 5.74) is 14.1. The maximum Gasteiger partial charge on any atom is 0.656 e. The third-order valence-electron chi connectivity index (χ3n) is 1.30. The average molecular weight is 299 g/mol. The van der Waals surface area contributed by atoms with E-state index in [1.165, 1.54) is 0 Å². The molecule has 0 aromatic carbocycles. The average Bonchev–Trinajstić information content (AvgIpc) is 2.12. The molecule has 0 aliphatic rings. The monoisotopic (exact) mass is 299 g/mol. The van der Waals surface area contributed by atoms with Gasteiger partial charge in [0.1, 0.15) is 6.04 Å². The van der Waals surface area contributed by atoms with Gasteiger partial charge in [0.2, 0.25) is 0 Å². The Kier molecular flexibility index (Phi) is 5.76. The number of hydrogen-bond acceptors (Lipinski definition) is 9. The van der Waals surface area contributed by atoms with E-state index in [0.29, 0.717) is 0 Å². The van der Waals surface area contributed by atoms with Crippen LogP contribution in [-0.4, -0.2) is 35.3 Å². The van der Waals surface area contributed by atoms with Crippen LogP contribution in [0.1, 0.15) is 6.42 Å². The maximum atomic E-state index is 11.5. The lowest BCUT2D eigenvalue weighted by atomic mass is 10.2. The molecule has 13 heteroatoms. The van der Waals surface area contributed by atoms with E-state index in [-0.39, 0.29) is 0 Å². The van der Waals surface area contributed by atoms with Crippen LogP contribution in [0.3, 0.4) is 0 Å². The Morgan fingerprint density at radius 3 is 1.79 bits per heavy atom. The quantitative estimate of drug-likeness (QED) is 0.422. The van der Waals surface area contributed by atoms with E-state index in [1.54, 1.807) is 0 Å². The SMILES string of the molecule is NC(=O)OP(=O)(OC(N)=O)OC(=O)[C@@H](N)CC(=O)O. The zero-order valence-corrected chi connectivity index (χ0v) is 10.1. The molecule has 0 spiro atoms. The highest BCUT2D eigenvalue weighted by Gasteiger charge is 2.40. The van der Waals surface area contributed by atoms with Crippen molar-refractivity contribution in [2.24, 2.45) is 17.2 Å². The van der Waals surface area contributed by atoms with E-state index in [4.69, 9.17) is 10.8 Å². The third kappa shape index (κ3) is 6.85. The van der Waals surface area contributed by atoms with Crippen LogP contribution in [0.2, 0.25) is 0 Å². The smallest absolute Gasteiger partial charge is 0.481 e. The minimum atomic E-state index is -5.06. The number of hydrogen-bond donors (Lipinski definition) is 4. The standard InChI is InChI=1S/C6H10N3O9P/c7-2(1-3(10)11)4(12)16-19(15,17-5(8)13)18-6(9)14/h2H,1,7H2,(H2,8,13)(H2,9,14)(H,10,11)/t2-/m0/s1. The molecule has 0 radical (unpaired) electrons. The molecular formula is C6H10N3O9P. The van der Waals surface area contributed by atoms with Gasteiger partial charge in [-0.1, -0.05) is 0 Å². The second-order valence-corrected chi connectivity index (χ2v) is 4.32. The first-order chi connectivity index (χ1) is 8.55. The summed E-state index contributed by atoms with van der Waals surface area (Å²) < 4.78 is 23.1. The van der Waals surface area contributed by atoms with Crippen LogP contribution >= 0.6 is 7.82 Å². The van der Waals surface area contributed by atoms with Crippen molar-refractivity contribution >= 4 is 31.9 Å². The number of carboxylic acids is 1. The molecule has 0 rings (SSSR count). The summed E-state index contributed by atoms with van der Waals surface area (Å²) in [5.74, 6) is -3.01. The number of amides is 2. The van der Waals surface area contributed by atoms with E-state index in [2.05, 4.69) is 25.0 Å². The van der Waals surface area contributed by atoms with Crippen LogP contribution in [-0.2, 0) is 27.7 Å². The summed E-state index contributed by atoms with van der Waals surface area (Å²) in [5, 5.41) is 8.35. The largest absolute Gasteiger partial charge is 0.656 e. The molecule has 0 heterocycles. The molecule has 0 unspecified atom stereocenters. The summed E-state index contributed by atoms with van der Waals surface area (Å²) >= 11 is 0. The number of carboxylic acid groups (broad SMARTS) is 1. The topological polar surface area (TPSA) is 211 Å². The van der Waals surface area contributed by atoms with Gasteiger partial charge in [-0.15, -0.1) is 0 Å². The lowest BCUT2D eigenvalue weighted by Gasteiger charge is -2.15. The number of carbonyl (C=O) groups is 4. The third-order valence-corrected chi connectivity index (χ3v) is 2.51. The zero-order chi connectivity index (χ0) is 15.2. The molecule has 0 bridgehead atoms. The van der Waals surface area contributed by atoms with Gasteiger partial charge in [0.15, 0.2) is 0 Å². The van der Waals surface area contributed by atoms with E-state index in [0.717, 1.165) is 0 Å². The predicted octanol–water partition coefficient (Wildman–Crippen LogP) is -1.37. The van der Waals surface area contributed by atoms with Crippen molar-refractivity contribution in [2.45, 2.75) is 12.5 Å². The fraction of sp³-hybridized carbons (Fsp3) is 0.333. The van der Waals surface area contributed by atoms with Crippen molar-refractivity contribution in [1.29, 1.82) is 0 Å². The van der Waals surface area contributed by atoms with Gasteiger partial charge in [-0.05, 0) is 0 Å². The summed E-state index contributed by atoms with van der Waals surface area (Å²) in [6, 6.07) is -1.74. The number of phosphoric acid groups is 1. The molecular weight excluding hydrogens is 289 g/mol. The highest BCUT2D eigenvalue weighted by Crippen LogP contribution is 2.49. The van der Waals surface area contributed by atoms with Crippen molar-refractivity contribution in [2.75, 3.05) is 0 Å². The van der Waals surface area contributed by atoms with Crippen molar-refractivity contribution < 1.29 is 42.4 Å². The molecule has 0 fully saturated rings. The molecule has 12 nitrogen and oxygen atoms in total. The van der Waals surface area contributed by atoms with E-state index in [9.17, 15) is 23.7 Å². The Balaban J connectivity index is 4.86. The van der Waals surface area contributed by atoms with Crippen LogP contribution in [0, 0.1) is 0 Å². The predicted molar refractivity (Wildman–Crippen MR) is 55.3 cm³/mol. The normalized spacial score (nSPS) is 12.1. The van der Waals surface area contributed by atoms with Crippen LogP contribution < -0.4 is 17.2 Å². The Morgan fingerprint density at radius 1 is 1.05 bits per heavy atom. The second kappa shape index (κ2) is 6.56. The first-order valence-electron chi connectivity index (χ1n) is 4.34. The Morgan fingerprint density at radius 2 is 1.47 bits per heavy atom. The van der Waals surface area contributed by atoms with Crippen LogP contribution in [0.4, 0.5) is 9.59 Å². The van der Waals surface area contributed by atoms with Crippen molar-refractivity contribution in [1.82, 2.24) is 0 Å². The Labute approximate surface area is 105 Å². The summed E-state index contributed by atoms with van der Waals surface area (Å²) in [4.78, 5) is 42.3. The summed E-state index contributed by atoms with van der Waals surface area (Å²) in [7, 11) is -5.06. The summed E-state index contributed by atoms with van der Waals surface area (Å²) in [6.07, 6.45) is -4.25. The first-order valence-corrected chi connectivity index (χ1v) is 5.80. The Hall–Kier alpha value is -2.33. The van der Waals surface area contributed by atoms with Crippen molar-refractivity contribution in [3.05, 3.63) is 0 Å². The molecule has 0 aromatic heterocycles. The Bertz CT molecular complexity index is 429. The van der Waals surface area contributed by atoms with Gasteiger partial charge in [-0.3, -0.25) is 4.79 Å². The van der Waals surface area contributed by atoms with Gasteiger partial charge >= 0.3 is 31.9 Å². The van der Waals surface area contributed by atoms with Gasteiger partial charge in [0.25, 0.3) is 0 Å². The second-order valence-electron chi connectivity index (χ2n) is 2.88. The zero-order valence-electron chi connectivity index (χ0n) is 9.18. The summed E-state index contributed by atoms with van der Waals surface area (Å²) in [6.45, 7) is 0. The molecule has 0 aliphatic carbocycles. The van der Waals surface area contributed by atoms with E-state index in [1.807, 2.05) is 0 Å². The molecule has 1 atom stereocenters. The van der Waals surface area contributed by atoms with Gasteiger partial charge in [0, 0.05) is 0 Å². The minimum Gasteiger partial charge on any atom is -0.481 e. The maximum absolute atomic E-state index is 11.5. The number of nitrogens with two attached hydrogens (primary N) is 3. The molecule has 2 amide bonds. The molecule has 7 N–H and O–H groups in total. The number of aliphatic carboxylic acids is 1. The molecule has 19 heavy (non-hydrogen) atoms. The number of carbonyl (C=O) groups excluding carboxylic acids is 3. The molecule has 0 aromatic rings. The lowest BCUT2D eigenvalue weighted by molar-refractivity contribution is -0.144. The molecule has 0 saturated heterocycles. The molecule has 108 valence electrons. The van der Waals surface area contributed by atoms with Crippen LogP contribution in [0.5, 0.6) is 0 Å². The van der Waals surface area contributed by atoms with E-state index >= 15 is 0 Å². The highest BCUT2D eigenvalue weighted by atomic mass is 31.2. The number of rotatable bonds is 6. The first kappa shape index (κ1) is 16.7. The highest BCUT2D eigenvalue weighted by molar-refractivity contribution is 7.50. The fourth-order valence-electron chi connectivity index (χ4n) is 0.726.